The van der Waals surface area contributed by atoms with Crippen LogP contribution in [0.4, 0.5) is 0 Å². The number of aryl methyl sites for hydroxylation is 2. The molecule has 5 heteroatoms. The molecule has 0 spiro atoms. The second kappa shape index (κ2) is 6.79. The van der Waals surface area contributed by atoms with Gasteiger partial charge >= 0.3 is 51.4 Å². The molecule has 17 heavy (non-hydrogen) atoms. The first-order chi connectivity index (χ1) is 7.32. The Labute approximate surface area is 146 Å². The molecule has 0 bridgehead atoms. The summed E-state index contributed by atoms with van der Waals surface area (Å²) in [4.78, 5) is -0.0234. The molecule has 0 saturated heterocycles. The molecule has 0 N–H and O–H groups in total. The van der Waals surface area contributed by atoms with Crippen LogP contribution in [0.15, 0.2) is 11.0 Å². The fourth-order valence-electron chi connectivity index (χ4n) is 2.18. The van der Waals surface area contributed by atoms with Gasteiger partial charge in [0.15, 0.2) is 0 Å². The van der Waals surface area contributed by atoms with E-state index in [1.165, 1.54) is 0 Å². The van der Waals surface area contributed by atoms with Crippen molar-refractivity contribution >= 4 is 10.1 Å². The molecule has 0 aliphatic carbocycles. The molecule has 0 aliphatic heterocycles. The number of benzene rings is 1. The minimum absolute atomic E-state index is 0. The molecule has 0 fully saturated rings. The van der Waals surface area contributed by atoms with Gasteiger partial charge in [-0.25, -0.2) is 8.42 Å². The third-order valence-electron chi connectivity index (χ3n) is 2.94. The van der Waals surface area contributed by atoms with Crippen LogP contribution < -0.4 is 51.4 Å². The van der Waals surface area contributed by atoms with E-state index in [-0.39, 0.29) is 56.3 Å². The molecule has 0 atom stereocenters. The van der Waals surface area contributed by atoms with E-state index in [0.717, 1.165) is 17.5 Å². The van der Waals surface area contributed by atoms with Gasteiger partial charge < -0.3 is 4.55 Å². The third-order valence-corrected chi connectivity index (χ3v) is 4.01. The molecule has 0 aromatic heterocycles. The summed E-state index contributed by atoms with van der Waals surface area (Å²) in [6.07, 6.45) is 1.41. The molecule has 90 valence electrons. The van der Waals surface area contributed by atoms with Crippen molar-refractivity contribution in [3.05, 3.63) is 28.3 Å². The van der Waals surface area contributed by atoms with Crippen LogP contribution in [-0.4, -0.2) is 13.0 Å². The second-order valence-electron chi connectivity index (χ2n) is 3.95. The van der Waals surface area contributed by atoms with E-state index in [4.69, 9.17) is 0 Å². The average Bonchev–Trinajstić information content (AvgIpc) is 2.18. The Balaban J connectivity index is 0.00000256. The average molecular weight is 280 g/mol. The Kier molecular flexibility index (Phi) is 7.10. The quantitative estimate of drug-likeness (QED) is 0.545. The van der Waals surface area contributed by atoms with Gasteiger partial charge in [-0.15, -0.1) is 0 Å². The second-order valence-corrected chi connectivity index (χ2v) is 5.26. The Morgan fingerprint density at radius 2 is 1.71 bits per heavy atom. The standard InChI is InChI=1S/C12H18O3S.K/c1-5-10-7-8(3)12(16(13,14)15)11(6-2)9(10)4;/h7H,5-6H2,1-4H3,(H,13,14,15);/q;+1/p-1. The van der Waals surface area contributed by atoms with Crippen LogP contribution in [0, 0.1) is 13.8 Å². The topological polar surface area (TPSA) is 57.2 Å². The molecule has 0 amide bonds. The summed E-state index contributed by atoms with van der Waals surface area (Å²) in [5.41, 5.74) is 3.29. The van der Waals surface area contributed by atoms with E-state index >= 15 is 0 Å². The van der Waals surface area contributed by atoms with Crippen LogP contribution in [0.5, 0.6) is 0 Å². The Morgan fingerprint density at radius 3 is 2.06 bits per heavy atom. The summed E-state index contributed by atoms with van der Waals surface area (Å²) in [5, 5.41) is 0. The minimum atomic E-state index is -4.37. The van der Waals surface area contributed by atoms with Gasteiger partial charge in [0.1, 0.15) is 10.1 Å². The normalized spacial score (nSPS) is 11.1. The van der Waals surface area contributed by atoms with Crippen molar-refractivity contribution in [2.45, 2.75) is 45.4 Å². The maximum absolute atomic E-state index is 11.2. The van der Waals surface area contributed by atoms with Crippen LogP contribution in [0.2, 0.25) is 0 Å². The summed E-state index contributed by atoms with van der Waals surface area (Å²) >= 11 is 0. The first-order valence-corrected chi connectivity index (χ1v) is 6.81. The van der Waals surface area contributed by atoms with Crippen LogP contribution in [-0.2, 0) is 23.0 Å². The fraction of sp³-hybridized carbons (Fsp3) is 0.500. The van der Waals surface area contributed by atoms with Gasteiger partial charge in [-0.1, -0.05) is 19.9 Å². The van der Waals surface area contributed by atoms with Crippen molar-refractivity contribution in [3.8, 4) is 0 Å². The van der Waals surface area contributed by atoms with Crippen molar-refractivity contribution in [2.24, 2.45) is 0 Å². The smallest absolute Gasteiger partial charge is 0.744 e. The summed E-state index contributed by atoms with van der Waals surface area (Å²) in [7, 11) is -4.37. The van der Waals surface area contributed by atoms with Crippen LogP contribution in [0.25, 0.3) is 0 Å². The summed E-state index contributed by atoms with van der Waals surface area (Å²) in [5.74, 6) is 0. The molecule has 0 heterocycles. The molecule has 0 radical (unpaired) electrons. The van der Waals surface area contributed by atoms with E-state index in [1.807, 2.05) is 20.8 Å². The van der Waals surface area contributed by atoms with Crippen LogP contribution >= 0.6 is 0 Å². The molecule has 3 nitrogen and oxygen atoms in total. The Morgan fingerprint density at radius 1 is 1.18 bits per heavy atom. The Hall–Kier alpha value is 0.766. The molecule has 1 aromatic carbocycles. The Bertz CT molecular complexity index is 507. The first kappa shape index (κ1) is 17.8. The van der Waals surface area contributed by atoms with Crippen molar-refractivity contribution in [2.75, 3.05) is 0 Å². The van der Waals surface area contributed by atoms with Crippen LogP contribution in [0.1, 0.15) is 36.1 Å². The minimum Gasteiger partial charge on any atom is -0.744 e. The van der Waals surface area contributed by atoms with Crippen molar-refractivity contribution in [1.82, 2.24) is 0 Å². The van der Waals surface area contributed by atoms with Gasteiger partial charge in [0.05, 0.1) is 4.90 Å². The summed E-state index contributed by atoms with van der Waals surface area (Å²) < 4.78 is 33.7. The largest absolute Gasteiger partial charge is 1.00 e. The van der Waals surface area contributed by atoms with Gasteiger partial charge in [-0.05, 0) is 48.9 Å². The van der Waals surface area contributed by atoms with Crippen molar-refractivity contribution < 1.29 is 64.4 Å². The molecule has 0 unspecified atom stereocenters. The summed E-state index contributed by atoms with van der Waals surface area (Å²) in [6.45, 7) is 7.46. The number of hydrogen-bond donors (Lipinski definition) is 0. The van der Waals surface area contributed by atoms with Crippen molar-refractivity contribution in [3.63, 3.8) is 0 Å². The van der Waals surface area contributed by atoms with E-state index in [2.05, 4.69) is 0 Å². The van der Waals surface area contributed by atoms with Crippen molar-refractivity contribution in [1.29, 1.82) is 0 Å². The number of rotatable bonds is 3. The summed E-state index contributed by atoms with van der Waals surface area (Å²) in [6, 6.07) is 1.80. The zero-order valence-electron chi connectivity index (χ0n) is 11.1. The monoisotopic (exact) mass is 280 g/mol. The van der Waals surface area contributed by atoms with E-state index in [9.17, 15) is 13.0 Å². The van der Waals surface area contributed by atoms with Gasteiger partial charge in [0, 0.05) is 0 Å². The number of hydrogen-bond acceptors (Lipinski definition) is 3. The van der Waals surface area contributed by atoms with Gasteiger partial charge in [-0.2, -0.15) is 0 Å². The van der Waals surface area contributed by atoms with Gasteiger partial charge in [0.25, 0.3) is 0 Å². The molecule has 0 saturated carbocycles. The molecule has 1 rings (SSSR count). The molecular formula is C12H17KO3S. The van der Waals surface area contributed by atoms with E-state index in [0.29, 0.717) is 17.5 Å². The molecule has 0 aliphatic rings. The third kappa shape index (κ3) is 3.86. The zero-order valence-corrected chi connectivity index (χ0v) is 15.1. The SMILES string of the molecule is CCc1cc(C)c(S(=O)(=O)[O-])c(CC)c1C.[K+]. The maximum Gasteiger partial charge on any atom is 1.00 e. The van der Waals surface area contributed by atoms with E-state index < -0.39 is 10.1 Å². The first-order valence-electron chi connectivity index (χ1n) is 5.40. The van der Waals surface area contributed by atoms with Crippen LogP contribution in [0.3, 0.4) is 0 Å². The molecule has 1 aromatic rings. The fourth-order valence-corrected chi connectivity index (χ4v) is 3.23. The van der Waals surface area contributed by atoms with E-state index in [1.54, 1.807) is 13.0 Å². The molecular weight excluding hydrogens is 263 g/mol. The van der Waals surface area contributed by atoms with Gasteiger partial charge in [0.2, 0.25) is 0 Å². The zero-order chi connectivity index (χ0) is 12.5. The predicted octanol–water partition coefficient (Wildman–Crippen LogP) is -0.664. The predicted molar refractivity (Wildman–Crippen MR) is 62.6 cm³/mol. The maximum atomic E-state index is 11.2. The van der Waals surface area contributed by atoms with Gasteiger partial charge in [-0.3, -0.25) is 0 Å².